The van der Waals surface area contributed by atoms with Crippen LogP contribution in [0.25, 0.3) is 0 Å². The van der Waals surface area contributed by atoms with Crippen molar-refractivity contribution in [2.24, 2.45) is 0 Å². The number of methoxy groups -OCH3 is 1. The molecule has 0 bridgehead atoms. The first-order chi connectivity index (χ1) is 7.08. The van der Waals surface area contributed by atoms with Crippen LogP contribution in [0.1, 0.15) is 16.7 Å². The van der Waals surface area contributed by atoms with Crippen LogP contribution in [0, 0.1) is 18.3 Å². The predicted molar refractivity (Wildman–Crippen MR) is 53.8 cm³/mol. The van der Waals surface area contributed by atoms with Crippen molar-refractivity contribution in [1.82, 2.24) is 0 Å². The second kappa shape index (κ2) is 4.47. The Morgan fingerprint density at radius 1 is 1.60 bits per heavy atom. The van der Waals surface area contributed by atoms with Crippen LogP contribution in [-0.4, -0.2) is 18.2 Å². The van der Waals surface area contributed by atoms with Crippen molar-refractivity contribution in [1.29, 1.82) is 5.26 Å². The fraction of sp³-hybridized carbons (Fsp3) is 0.273. The second-order valence-electron chi connectivity index (χ2n) is 3.15. The molecule has 1 rings (SSSR count). The van der Waals surface area contributed by atoms with E-state index in [2.05, 4.69) is 0 Å². The van der Waals surface area contributed by atoms with Crippen molar-refractivity contribution in [3.05, 3.63) is 28.8 Å². The SMILES string of the molecule is COc1cc(C)c(CC(=O)O)c(C#N)c1. The van der Waals surface area contributed by atoms with Crippen LogP contribution in [0.4, 0.5) is 0 Å². The summed E-state index contributed by atoms with van der Waals surface area (Å²) in [6, 6.07) is 5.24. The lowest BCUT2D eigenvalue weighted by molar-refractivity contribution is -0.136. The molecular weight excluding hydrogens is 194 g/mol. The predicted octanol–water partition coefficient (Wildman–Crippen LogP) is 1.50. The molecule has 0 aliphatic carbocycles. The van der Waals surface area contributed by atoms with Gasteiger partial charge in [0.1, 0.15) is 5.75 Å². The van der Waals surface area contributed by atoms with E-state index >= 15 is 0 Å². The number of hydrogen-bond acceptors (Lipinski definition) is 3. The molecule has 0 atom stereocenters. The molecule has 0 spiro atoms. The first kappa shape index (κ1) is 11.1. The maximum absolute atomic E-state index is 10.6. The zero-order valence-electron chi connectivity index (χ0n) is 8.57. The molecule has 78 valence electrons. The lowest BCUT2D eigenvalue weighted by Crippen LogP contribution is -2.05. The van der Waals surface area contributed by atoms with Gasteiger partial charge in [-0.05, 0) is 30.2 Å². The molecule has 0 heterocycles. The standard InChI is InChI=1S/C11H11NO3/c1-7-3-9(15-2)4-8(6-12)10(7)5-11(13)14/h3-4H,5H2,1-2H3,(H,13,14). The van der Waals surface area contributed by atoms with Crippen LogP contribution < -0.4 is 4.74 Å². The van der Waals surface area contributed by atoms with Gasteiger partial charge in [0.2, 0.25) is 0 Å². The number of carboxylic acid groups (broad SMARTS) is 1. The van der Waals surface area contributed by atoms with E-state index in [1.807, 2.05) is 6.07 Å². The van der Waals surface area contributed by atoms with Crippen LogP contribution in [0.3, 0.4) is 0 Å². The quantitative estimate of drug-likeness (QED) is 0.811. The molecular formula is C11H11NO3. The Labute approximate surface area is 87.7 Å². The largest absolute Gasteiger partial charge is 0.497 e. The summed E-state index contributed by atoms with van der Waals surface area (Å²) in [5, 5.41) is 17.6. The van der Waals surface area contributed by atoms with Gasteiger partial charge in [-0.25, -0.2) is 0 Å². The van der Waals surface area contributed by atoms with Crippen LogP contribution in [0.5, 0.6) is 5.75 Å². The second-order valence-corrected chi connectivity index (χ2v) is 3.15. The fourth-order valence-electron chi connectivity index (χ4n) is 1.39. The van der Waals surface area contributed by atoms with Crippen molar-refractivity contribution >= 4 is 5.97 Å². The van der Waals surface area contributed by atoms with Gasteiger partial charge in [0.15, 0.2) is 0 Å². The Balaban J connectivity index is 3.26. The van der Waals surface area contributed by atoms with Gasteiger partial charge in [0, 0.05) is 0 Å². The van der Waals surface area contributed by atoms with Crippen molar-refractivity contribution in [3.63, 3.8) is 0 Å². The van der Waals surface area contributed by atoms with Gasteiger partial charge in [-0.2, -0.15) is 5.26 Å². The molecule has 0 saturated heterocycles. The van der Waals surface area contributed by atoms with Crippen LogP contribution in [0.15, 0.2) is 12.1 Å². The molecule has 0 radical (unpaired) electrons. The molecule has 1 aromatic carbocycles. The number of aliphatic carboxylic acids is 1. The van der Waals surface area contributed by atoms with Crippen molar-refractivity contribution in [2.75, 3.05) is 7.11 Å². The number of nitriles is 1. The van der Waals surface area contributed by atoms with Gasteiger partial charge in [-0.1, -0.05) is 0 Å². The molecule has 0 aliphatic rings. The van der Waals surface area contributed by atoms with E-state index in [0.717, 1.165) is 5.56 Å². The van der Waals surface area contributed by atoms with Gasteiger partial charge in [0.05, 0.1) is 25.2 Å². The third-order valence-corrected chi connectivity index (χ3v) is 2.13. The summed E-state index contributed by atoms with van der Waals surface area (Å²) in [4.78, 5) is 10.6. The number of carboxylic acids is 1. The van der Waals surface area contributed by atoms with Gasteiger partial charge in [0.25, 0.3) is 0 Å². The Morgan fingerprint density at radius 2 is 2.27 bits per heavy atom. The van der Waals surface area contributed by atoms with E-state index in [4.69, 9.17) is 15.1 Å². The number of hydrogen-bond donors (Lipinski definition) is 1. The Bertz CT molecular complexity index is 432. The third-order valence-electron chi connectivity index (χ3n) is 2.13. The van der Waals surface area contributed by atoms with E-state index < -0.39 is 5.97 Å². The molecule has 4 heteroatoms. The van der Waals surface area contributed by atoms with Crippen LogP contribution >= 0.6 is 0 Å². The molecule has 1 aromatic rings. The number of ether oxygens (including phenoxy) is 1. The monoisotopic (exact) mass is 205 g/mol. The van der Waals surface area contributed by atoms with Gasteiger partial charge >= 0.3 is 5.97 Å². The average Bonchev–Trinajstić information content (AvgIpc) is 2.20. The summed E-state index contributed by atoms with van der Waals surface area (Å²) in [5.41, 5.74) is 1.66. The highest BCUT2D eigenvalue weighted by molar-refractivity contribution is 5.72. The summed E-state index contributed by atoms with van der Waals surface area (Å²) in [7, 11) is 1.51. The molecule has 0 fully saturated rings. The molecule has 0 saturated carbocycles. The number of aryl methyl sites for hydroxylation is 1. The number of carbonyl (C=O) groups is 1. The minimum Gasteiger partial charge on any atom is -0.497 e. The first-order valence-electron chi connectivity index (χ1n) is 4.38. The summed E-state index contributed by atoms with van der Waals surface area (Å²) >= 11 is 0. The van der Waals surface area contributed by atoms with Crippen molar-refractivity contribution in [3.8, 4) is 11.8 Å². The zero-order valence-corrected chi connectivity index (χ0v) is 8.57. The number of rotatable bonds is 3. The first-order valence-corrected chi connectivity index (χ1v) is 4.38. The average molecular weight is 205 g/mol. The molecule has 0 aliphatic heterocycles. The highest BCUT2D eigenvalue weighted by Crippen LogP contribution is 2.22. The van der Waals surface area contributed by atoms with E-state index in [9.17, 15) is 4.79 Å². The Kier molecular flexibility index (Phi) is 3.29. The molecule has 4 nitrogen and oxygen atoms in total. The van der Waals surface area contributed by atoms with Gasteiger partial charge in [-0.15, -0.1) is 0 Å². The van der Waals surface area contributed by atoms with E-state index in [1.54, 1.807) is 19.1 Å². The molecule has 0 unspecified atom stereocenters. The number of benzene rings is 1. The van der Waals surface area contributed by atoms with E-state index in [-0.39, 0.29) is 6.42 Å². The highest BCUT2D eigenvalue weighted by Gasteiger charge is 2.11. The number of nitrogens with zero attached hydrogens (tertiary/aromatic N) is 1. The smallest absolute Gasteiger partial charge is 0.307 e. The summed E-state index contributed by atoms with van der Waals surface area (Å²) < 4.78 is 5.00. The Hall–Kier alpha value is -2.02. The molecule has 1 N–H and O–H groups in total. The minimum absolute atomic E-state index is 0.140. The van der Waals surface area contributed by atoms with Crippen molar-refractivity contribution in [2.45, 2.75) is 13.3 Å². The minimum atomic E-state index is -0.945. The zero-order chi connectivity index (χ0) is 11.4. The van der Waals surface area contributed by atoms with E-state index in [1.165, 1.54) is 7.11 Å². The highest BCUT2D eigenvalue weighted by atomic mass is 16.5. The maximum atomic E-state index is 10.6. The lowest BCUT2D eigenvalue weighted by atomic mass is 9.99. The van der Waals surface area contributed by atoms with Gasteiger partial charge in [-0.3, -0.25) is 4.79 Å². The molecule has 0 amide bonds. The molecule has 15 heavy (non-hydrogen) atoms. The summed E-state index contributed by atoms with van der Waals surface area (Å²) in [6.45, 7) is 1.77. The Morgan fingerprint density at radius 3 is 2.73 bits per heavy atom. The summed E-state index contributed by atoms with van der Waals surface area (Å²) in [5.74, 6) is -0.377. The fourth-order valence-corrected chi connectivity index (χ4v) is 1.39. The van der Waals surface area contributed by atoms with Crippen molar-refractivity contribution < 1.29 is 14.6 Å². The summed E-state index contributed by atoms with van der Waals surface area (Å²) in [6.07, 6.45) is -0.140. The van der Waals surface area contributed by atoms with E-state index in [0.29, 0.717) is 16.9 Å². The topological polar surface area (TPSA) is 70.3 Å². The normalized spacial score (nSPS) is 9.40. The third kappa shape index (κ3) is 2.47. The van der Waals surface area contributed by atoms with Crippen LogP contribution in [-0.2, 0) is 11.2 Å². The van der Waals surface area contributed by atoms with Crippen LogP contribution in [0.2, 0.25) is 0 Å². The maximum Gasteiger partial charge on any atom is 0.307 e. The lowest BCUT2D eigenvalue weighted by Gasteiger charge is -2.08. The van der Waals surface area contributed by atoms with Gasteiger partial charge < -0.3 is 9.84 Å². The molecule has 0 aromatic heterocycles.